The molecule has 0 radical (unpaired) electrons. The van der Waals surface area contributed by atoms with Gasteiger partial charge in [0.05, 0.1) is 5.41 Å². The Morgan fingerprint density at radius 1 is 0.261 bits per heavy atom. The molecule has 0 aliphatic heterocycles. The molecule has 3 heterocycles. The predicted octanol–water partition coefficient (Wildman–Crippen LogP) is 16.3. The molecular formula is C64H37N3O2. The molecule has 0 saturated carbocycles. The molecule has 0 fully saturated rings. The first-order valence-corrected chi connectivity index (χ1v) is 23.4. The number of aromatic nitrogens is 3. The molecule has 2 aliphatic rings. The molecule has 0 amide bonds. The summed E-state index contributed by atoms with van der Waals surface area (Å²) in [6, 6.07) is 79.8. The molecule has 0 atom stereocenters. The average molecular weight is 880 g/mol. The van der Waals surface area contributed by atoms with Gasteiger partial charge in [-0.05, 0) is 115 Å². The molecule has 10 aromatic carbocycles. The summed E-state index contributed by atoms with van der Waals surface area (Å²) in [5, 5.41) is 4.01. The van der Waals surface area contributed by atoms with Gasteiger partial charge in [-0.25, -0.2) is 15.0 Å². The molecule has 0 bridgehead atoms. The minimum Gasteiger partial charge on any atom is -0.456 e. The van der Waals surface area contributed by atoms with E-state index in [0.29, 0.717) is 17.5 Å². The van der Waals surface area contributed by atoms with Crippen molar-refractivity contribution in [1.82, 2.24) is 15.0 Å². The molecule has 1 spiro atoms. The number of hydrogen-bond acceptors (Lipinski definition) is 5. The smallest absolute Gasteiger partial charge is 0.164 e. The quantitative estimate of drug-likeness (QED) is 0.172. The molecule has 0 N–H and O–H groups in total. The summed E-state index contributed by atoms with van der Waals surface area (Å²) < 4.78 is 12.9. The van der Waals surface area contributed by atoms with Gasteiger partial charge in [-0.3, -0.25) is 0 Å². The first-order chi connectivity index (χ1) is 34.2. The Hall–Kier alpha value is -9.19. The standard InChI is InChI=1S/C64H37N3O2/c1-2-13-38(14-3-1)39-25-27-40(28-26-39)61-65-62(43-31-34-57-50(37-43)47-18-7-11-23-56(47)68-57)67-63(66-61)48-19-12-24-59-60(48)51-36-42(30-33-58(51)69-59)41-29-32-55-49(35-41)46-17-6-10-22-54(46)64(55)52-20-8-4-15-44(52)45-16-5-9-21-53(45)64/h1-37H. The third-order valence-electron chi connectivity index (χ3n) is 14.6. The van der Waals surface area contributed by atoms with Crippen molar-refractivity contribution in [3.63, 3.8) is 0 Å². The molecule has 13 aromatic rings. The minimum atomic E-state index is -0.387. The molecule has 15 rings (SSSR count). The summed E-state index contributed by atoms with van der Waals surface area (Å²) in [6.45, 7) is 0. The van der Waals surface area contributed by atoms with Gasteiger partial charge in [0.25, 0.3) is 0 Å². The zero-order valence-electron chi connectivity index (χ0n) is 37.0. The van der Waals surface area contributed by atoms with Gasteiger partial charge in [-0.15, -0.1) is 0 Å². The summed E-state index contributed by atoms with van der Waals surface area (Å²) in [5.74, 6) is 1.72. The van der Waals surface area contributed by atoms with Crippen LogP contribution in [0.25, 0.3) is 123 Å². The van der Waals surface area contributed by atoms with Crippen molar-refractivity contribution in [2.75, 3.05) is 0 Å². The maximum absolute atomic E-state index is 6.64. The number of rotatable bonds is 5. The van der Waals surface area contributed by atoms with Crippen molar-refractivity contribution in [1.29, 1.82) is 0 Å². The van der Waals surface area contributed by atoms with Crippen molar-refractivity contribution in [2.45, 2.75) is 5.41 Å². The van der Waals surface area contributed by atoms with Gasteiger partial charge in [0.15, 0.2) is 17.5 Å². The number of para-hydroxylation sites is 1. The van der Waals surface area contributed by atoms with E-state index in [4.69, 9.17) is 23.8 Å². The zero-order valence-corrected chi connectivity index (χ0v) is 37.0. The van der Waals surface area contributed by atoms with Crippen molar-refractivity contribution in [3.8, 4) is 78.7 Å². The Morgan fingerprint density at radius 3 is 1.48 bits per heavy atom. The molecule has 5 heteroatoms. The monoisotopic (exact) mass is 879 g/mol. The van der Waals surface area contributed by atoms with Gasteiger partial charge in [0, 0.05) is 38.2 Å². The normalized spacial score (nSPS) is 13.0. The highest BCUT2D eigenvalue weighted by molar-refractivity contribution is 6.13. The molecule has 320 valence electrons. The van der Waals surface area contributed by atoms with Crippen molar-refractivity contribution < 1.29 is 8.83 Å². The number of hydrogen-bond donors (Lipinski definition) is 0. The average Bonchev–Trinajstić information content (AvgIpc) is 4.16. The lowest BCUT2D eigenvalue weighted by molar-refractivity contribution is 0.668. The van der Waals surface area contributed by atoms with E-state index >= 15 is 0 Å². The highest BCUT2D eigenvalue weighted by Gasteiger charge is 2.51. The number of nitrogens with zero attached hydrogens (tertiary/aromatic N) is 3. The van der Waals surface area contributed by atoms with E-state index in [0.717, 1.165) is 82.8 Å². The lowest BCUT2D eigenvalue weighted by Gasteiger charge is -2.30. The van der Waals surface area contributed by atoms with Crippen molar-refractivity contribution in [2.24, 2.45) is 0 Å². The second-order valence-electron chi connectivity index (χ2n) is 18.2. The highest BCUT2D eigenvalue weighted by atomic mass is 16.3. The second-order valence-corrected chi connectivity index (χ2v) is 18.2. The molecule has 69 heavy (non-hydrogen) atoms. The van der Waals surface area contributed by atoms with Crippen LogP contribution in [-0.2, 0) is 5.41 Å². The van der Waals surface area contributed by atoms with Gasteiger partial charge < -0.3 is 8.83 Å². The lowest BCUT2D eigenvalue weighted by atomic mass is 9.70. The summed E-state index contributed by atoms with van der Waals surface area (Å²) >= 11 is 0. The van der Waals surface area contributed by atoms with Crippen LogP contribution in [0.5, 0.6) is 0 Å². The van der Waals surface area contributed by atoms with Gasteiger partial charge in [0.1, 0.15) is 22.3 Å². The molecular weight excluding hydrogens is 843 g/mol. The van der Waals surface area contributed by atoms with E-state index in [-0.39, 0.29) is 5.41 Å². The van der Waals surface area contributed by atoms with E-state index in [1.165, 1.54) is 44.5 Å². The Bertz CT molecular complexity index is 4210. The maximum atomic E-state index is 6.64. The van der Waals surface area contributed by atoms with Crippen LogP contribution < -0.4 is 0 Å². The van der Waals surface area contributed by atoms with Gasteiger partial charge in [-0.1, -0.05) is 176 Å². The summed E-state index contributed by atoms with van der Waals surface area (Å²) in [7, 11) is 0. The van der Waals surface area contributed by atoms with E-state index in [1.807, 2.05) is 48.5 Å². The van der Waals surface area contributed by atoms with Crippen molar-refractivity contribution in [3.05, 3.63) is 247 Å². The second kappa shape index (κ2) is 14.4. The van der Waals surface area contributed by atoms with Crippen LogP contribution in [-0.4, -0.2) is 15.0 Å². The van der Waals surface area contributed by atoms with Crippen LogP contribution in [0.4, 0.5) is 0 Å². The first-order valence-electron chi connectivity index (χ1n) is 23.4. The highest BCUT2D eigenvalue weighted by Crippen LogP contribution is 2.63. The molecule has 3 aromatic heterocycles. The van der Waals surface area contributed by atoms with Gasteiger partial charge in [0.2, 0.25) is 0 Å². The number of furan rings is 2. The zero-order chi connectivity index (χ0) is 45.2. The molecule has 0 saturated heterocycles. The number of fused-ring (bicyclic) bond motifs is 16. The SMILES string of the molecule is c1ccc(-c2ccc(-c3nc(-c4ccc5oc6ccccc6c5c4)nc(-c4cccc5oc6ccc(-c7ccc8c(c7)-c7ccccc7C87c8ccccc8-c8ccccc87)cc6c45)n3)cc2)cc1. The lowest BCUT2D eigenvalue weighted by Crippen LogP contribution is -2.25. The van der Waals surface area contributed by atoms with E-state index in [9.17, 15) is 0 Å². The van der Waals surface area contributed by atoms with E-state index in [1.54, 1.807) is 0 Å². The minimum absolute atomic E-state index is 0.387. The van der Waals surface area contributed by atoms with Gasteiger partial charge >= 0.3 is 0 Å². The van der Waals surface area contributed by atoms with E-state index < -0.39 is 0 Å². The third kappa shape index (κ3) is 5.50. The van der Waals surface area contributed by atoms with Gasteiger partial charge in [-0.2, -0.15) is 0 Å². The summed E-state index contributed by atoms with van der Waals surface area (Å²) in [6.07, 6.45) is 0. The van der Waals surface area contributed by atoms with Crippen LogP contribution in [0.2, 0.25) is 0 Å². The van der Waals surface area contributed by atoms with Crippen LogP contribution in [0, 0.1) is 0 Å². The fraction of sp³-hybridized carbons (Fsp3) is 0.0156. The van der Waals surface area contributed by atoms with Crippen LogP contribution >= 0.6 is 0 Å². The van der Waals surface area contributed by atoms with E-state index in [2.05, 4.69) is 176 Å². The molecule has 2 aliphatic carbocycles. The Labute approximate surface area is 396 Å². The van der Waals surface area contributed by atoms with Crippen LogP contribution in [0.1, 0.15) is 22.3 Å². The largest absolute Gasteiger partial charge is 0.456 e. The molecule has 5 nitrogen and oxygen atoms in total. The summed E-state index contributed by atoms with van der Waals surface area (Å²) in [5.41, 5.74) is 20.5. The van der Waals surface area contributed by atoms with Crippen LogP contribution in [0.3, 0.4) is 0 Å². The Kier molecular flexibility index (Phi) is 7.93. The first kappa shape index (κ1) is 38.0. The summed E-state index contributed by atoms with van der Waals surface area (Å²) in [4.78, 5) is 15.7. The Morgan fingerprint density at radius 2 is 0.725 bits per heavy atom. The number of benzene rings is 10. The predicted molar refractivity (Wildman–Crippen MR) is 278 cm³/mol. The Balaban J connectivity index is 0.896. The van der Waals surface area contributed by atoms with Crippen LogP contribution in [0.15, 0.2) is 233 Å². The third-order valence-corrected chi connectivity index (χ3v) is 14.6. The topological polar surface area (TPSA) is 65.0 Å². The van der Waals surface area contributed by atoms with Crippen molar-refractivity contribution >= 4 is 43.9 Å². The maximum Gasteiger partial charge on any atom is 0.164 e. The molecule has 0 unspecified atom stereocenters. The fourth-order valence-corrected chi connectivity index (χ4v) is 11.5. The fourth-order valence-electron chi connectivity index (χ4n) is 11.5.